The van der Waals surface area contributed by atoms with Gasteiger partial charge in [0.15, 0.2) is 11.5 Å². The zero-order valence-electron chi connectivity index (χ0n) is 8.52. The van der Waals surface area contributed by atoms with Gasteiger partial charge in [-0.3, -0.25) is 4.79 Å². The first-order valence-corrected chi connectivity index (χ1v) is 5.20. The lowest BCUT2D eigenvalue weighted by Crippen LogP contribution is -2.08. The first kappa shape index (κ1) is 14.0. The van der Waals surface area contributed by atoms with E-state index < -0.39 is 30.1 Å². The number of Topliss-reactive ketones (excluding diaryl/α,β-unsaturated/α-hetero) is 1. The monoisotopic (exact) mass is 314 g/mol. The largest absolute Gasteiger partial charge is 0.433 e. The first-order valence-electron chi connectivity index (χ1n) is 4.41. The molecule has 0 bridgehead atoms. The maximum atomic E-state index is 12.5. The number of ketones is 1. The van der Waals surface area contributed by atoms with Crippen molar-refractivity contribution < 1.29 is 27.1 Å². The third kappa shape index (κ3) is 3.18. The Balaban J connectivity index is 3.36. The van der Waals surface area contributed by atoms with E-state index in [4.69, 9.17) is 0 Å². The van der Waals surface area contributed by atoms with E-state index in [-0.39, 0.29) is 10.0 Å². The number of ether oxygens (including phenoxy) is 1. The summed E-state index contributed by atoms with van der Waals surface area (Å²) < 4.78 is 53.1. The van der Waals surface area contributed by atoms with E-state index in [0.717, 1.165) is 19.1 Å². The van der Waals surface area contributed by atoms with Crippen LogP contribution in [0.1, 0.15) is 29.3 Å². The molecule has 0 fully saturated rings. The van der Waals surface area contributed by atoms with E-state index in [1.165, 1.54) is 0 Å². The molecule has 1 aromatic carbocycles. The van der Waals surface area contributed by atoms with Crippen LogP contribution in [-0.2, 0) is 0 Å². The highest BCUT2D eigenvalue weighted by atomic mass is 79.9. The second kappa shape index (κ2) is 5.48. The van der Waals surface area contributed by atoms with Gasteiger partial charge in [0.1, 0.15) is 0 Å². The Morgan fingerprint density at radius 1 is 1.29 bits per heavy atom. The zero-order valence-corrected chi connectivity index (χ0v) is 10.1. The highest BCUT2D eigenvalue weighted by molar-refractivity contribution is 9.10. The Morgan fingerprint density at radius 2 is 1.88 bits per heavy atom. The molecule has 0 atom stereocenters. The number of halogens is 5. The number of hydrogen-bond acceptors (Lipinski definition) is 2. The highest BCUT2D eigenvalue weighted by Crippen LogP contribution is 2.38. The summed E-state index contributed by atoms with van der Waals surface area (Å²) >= 11 is 2.74. The lowest BCUT2D eigenvalue weighted by atomic mass is 10.1. The average Bonchev–Trinajstić information content (AvgIpc) is 2.19. The minimum Gasteiger partial charge on any atom is -0.433 e. The molecule has 17 heavy (non-hydrogen) atoms. The van der Waals surface area contributed by atoms with Crippen molar-refractivity contribution in [2.45, 2.75) is 20.0 Å². The molecule has 94 valence electrons. The van der Waals surface area contributed by atoms with Crippen molar-refractivity contribution in [1.29, 1.82) is 0 Å². The van der Waals surface area contributed by atoms with E-state index in [0.29, 0.717) is 0 Å². The van der Waals surface area contributed by atoms with Crippen molar-refractivity contribution >= 4 is 21.7 Å². The second-order valence-electron chi connectivity index (χ2n) is 3.08. The summed E-state index contributed by atoms with van der Waals surface area (Å²) in [6, 6.07) is 2.02. The lowest BCUT2D eigenvalue weighted by molar-refractivity contribution is -0.0508. The molecule has 0 N–H and O–H groups in total. The molecule has 0 aromatic heterocycles. The Bertz CT molecular complexity index is 435. The van der Waals surface area contributed by atoms with E-state index >= 15 is 0 Å². The van der Waals surface area contributed by atoms with Crippen molar-refractivity contribution in [2.24, 2.45) is 0 Å². The van der Waals surface area contributed by atoms with Crippen molar-refractivity contribution in [3.63, 3.8) is 0 Å². The molecule has 0 saturated carbocycles. The molecule has 0 aliphatic carbocycles. The number of carbonyl (C=O) groups excluding carboxylic acids is 1. The number of alkyl halides is 4. The molecule has 0 aliphatic rings. The van der Waals surface area contributed by atoms with Crippen molar-refractivity contribution in [2.75, 3.05) is 0 Å². The summed E-state index contributed by atoms with van der Waals surface area (Å²) in [7, 11) is 0. The van der Waals surface area contributed by atoms with E-state index in [9.17, 15) is 22.4 Å². The second-order valence-corrected chi connectivity index (χ2v) is 3.87. The molecule has 0 amide bonds. The molecule has 1 aromatic rings. The van der Waals surface area contributed by atoms with Crippen molar-refractivity contribution in [3.05, 3.63) is 27.7 Å². The van der Waals surface area contributed by atoms with Crippen molar-refractivity contribution in [3.8, 4) is 5.75 Å². The molecule has 0 saturated heterocycles. The van der Waals surface area contributed by atoms with Crippen LogP contribution in [0, 0.1) is 0 Å². The summed E-state index contributed by atoms with van der Waals surface area (Å²) in [6.45, 7) is -2.07. The molecule has 0 heterocycles. The Labute approximate surface area is 103 Å². The lowest BCUT2D eigenvalue weighted by Gasteiger charge is -2.13. The van der Waals surface area contributed by atoms with Crippen LogP contribution in [0.4, 0.5) is 17.6 Å². The van der Waals surface area contributed by atoms with Crippen LogP contribution in [0.2, 0.25) is 0 Å². The molecule has 2 nitrogen and oxygen atoms in total. The van der Waals surface area contributed by atoms with Gasteiger partial charge in [0.05, 0.1) is 10.0 Å². The first-order chi connectivity index (χ1) is 7.84. The molecular weight excluding hydrogens is 308 g/mol. The van der Waals surface area contributed by atoms with Crippen LogP contribution in [0.5, 0.6) is 5.75 Å². The van der Waals surface area contributed by atoms with Gasteiger partial charge in [0.25, 0.3) is 6.43 Å². The van der Waals surface area contributed by atoms with E-state index in [1.807, 2.05) is 0 Å². The molecule has 0 unspecified atom stereocenters. The predicted molar refractivity (Wildman–Crippen MR) is 55.7 cm³/mol. The smallest absolute Gasteiger partial charge is 0.387 e. The van der Waals surface area contributed by atoms with Gasteiger partial charge in [0.2, 0.25) is 0 Å². The molecule has 1 rings (SSSR count). The van der Waals surface area contributed by atoms with Crippen LogP contribution in [0.25, 0.3) is 0 Å². The molecule has 0 radical (unpaired) electrons. The third-order valence-corrected chi connectivity index (χ3v) is 2.77. The summed E-state index contributed by atoms with van der Waals surface area (Å²) in [5.74, 6) is -1.12. The van der Waals surface area contributed by atoms with Gasteiger partial charge in [-0.05, 0) is 28.9 Å². The molecule has 7 heteroatoms. The fourth-order valence-corrected chi connectivity index (χ4v) is 1.83. The molecule has 0 aliphatic heterocycles. The van der Waals surface area contributed by atoms with Crippen LogP contribution in [-0.4, -0.2) is 12.4 Å². The summed E-state index contributed by atoms with van der Waals surface area (Å²) in [5.41, 5.74) is -0.688. The SMILES string of the molecule is CC(=O)c1ccc(C(F)F)c(Br)c1OC(F)F. The number of benzene rings is 1. The number of rotatable bonds is 4. The fraction of sp³-hybridized carbons (Fsp3) is 0.300. The zero-order chi connectivity index (χ0) is 13.2. The van der Waals surface area contributed by atoms with Crippen LogP contribution in [0.3, 0.4) is 0 Å². The quantitative estimate of drug-likeness (QED) is 0.615. The third-order valence-electron chi connectivity index (χ3n) is 1.95. The van der Waals surface area contributed by atoms with Gasteiger partial charge in [0, 0.05) is 5.56 Å². The molecule has 0 spiro atoms. The van der Waals surface area contributed by atoms with Gasteiger partial charge in [-0.1, -0.05) is 6.07 Å². The Hall–Kier alpha value is -1.11. The van der Waals surface area contributed by atoms with Gasteiger partial charge in [-0.15, -0.1) is 0 Å². The minimum absolute atomic E-state index is 0.179. The molecular formula is C10H7BrF4O2. The Kier molecular flexibility index (Phi) is 4.50. The summed E-state index contributed by atoms with van der Waals surface area (Å²) in [4.78, 5) is 11.1. The fourth-order valence-electron chi connectivity index (χ4n) is 1.22. The minimum atomic E-state index is -3.20. The van der Waals surface area contributed by atoms with Crippen LogP contribution in [0.15, 0.2) is 16.6 Å². The van der Waals surface area contributed by atoms with E-state index in [1.54, 1.807) is 0 Å². The van der Waals surface area contributed by atoms with Gasteiger partial charge in [-0.25, -0.2) is 8.78 Å². The van der Waals surface area contributed by atoms with Gasteiger partial charge >= 0.3 is 6.61 Å². The summed E-state index contributed by atoms with van der Waals surface area (Å²) in [6.07, 6.45) is -2.86. The normalized spacial score (nSPS) is 11.1. The highest BCUT2D eigenvalue weighted by Gasteiger charge is 2.22. The predicted octanol–water partition coefficient (Wildman–Crippen LogP) is 4.19. The van der Waals surface area contributed by atoms with Crippen LogP contribution >= 0.6 is 15.9 Å². The van der Waals surface area contributed by atoms with Crippen LogP contribution < -0.4 is 4.74 Å². The van der Waals surface area contributed by atoms with Gasteiger partial charge < -0.3 is 4.74 Å². The Morgan fingerprint density at radius 3 is 2.29 bits per heavy atom. The van der Waals surface area contributed by atoms with Gasteiger partial charge in [-0.2, -0.15) is 8.78 Å². The number of carbonyl (C=O) groups is 1. The topological polar surface area (TPSA) is 26.3 Å². The summed E-state index contributed by atoms with van der Waals surface area (Å²) in [5, 5.41) is 0. The van der Waals surface area contributed by atoms with E-state index in [2.05, 4.69) is 20.7 Å². The average molecular weight is 315 g/mol. The maximum Gasteiger partial charge on any atom is 0.387 e. The standard InChI is InChI=1S/C10H7BrF4O2/c1-4(16)5-2-3-6(9(12)13)7(11)8(5)17-10(14)15/h2-3,9-10H,1H3. The number of hydrogen-bond donors (Lipinski definition) is 0. The maximum absolute atomic E-state index is 12.5. The van der Waals surface area contributed by atoms with Crippen molar-refractivity contribution in [1.82, 2.24) is 0 Å².